The van der Waals surface area contributed by atoms with Gasteiger partial charge in [0, 0.05) is 5.69 Å². The number of nitrogen functional groups attached to an aromatic ring is 1. The third kappa shape index (κ3) is 5.06. The average Bonchev–Trinajstić information content (AvgIpc) is 2.67. The minimum atomic E-state index is -0.851. The van der Waals surface area contributed by atoms with Gasteiger partial charge in [-0.3, -0.25) is 9.69 Å². The number of hydrogen-bond donors (Lipinski definition) is 3. The van der Waals surface area contributed by atoms with Gasteiger partial charge >= 0.3 is 0 Å². The Kier molecular flexibility index (Phi) is 6.53. The van der Waals surface area contributed by atoms with Crippen molar-refractivity contribution in [2.45, 2.75) is 25.9 Å². The molecule has 156 valence electrons. The molecule has 9 heteroatoms. The van der Waals surface area contributed by atoms with E-state index in [9.17, 15) is 9.18 Å². The highest BCUT2D eigenvalue weighted by Crippen LogP contribution is 2.23. The highest BCUT2D eigenvalue weighted by molar-refractivity contribution is 5.81. The number of amides is 1. The van der Waals surface area contributed by atoms with Crippen LogP contribution in [0.15, 0.2) is 48.5 Å². The van der Waals surface area contributed by atoms with Crippen LogP contribution in [-0.4, -0.2) is 32.8 Å². The minimum absolute atomic E-state index is 0.0475. The van der Waals surface area contributed by atoms with Crippen LogP contribution in [0.2, 0.25) is 0 Å². The summed E-state index contributed by atoms with van der Waals surface area (Å²) in [6.45, 7) is 2.21. The molecule has 0 saturated carbocycles. The zero-order chi connectivity index (χ0) is 21.7. The van der Waals surface area contributed by atoms with Crippen molar-refractivity contribution in [3.05, 3.63) is 71.3 Å². The lowest BCUT2D eigenvalue weighted by Crippen LogP contribution is -2.35. The number of likely N-dealkylation sites (N-methyl/N-ethyl adjacent to an activating group) is 1. The molecule has 3 aromatic rings. The molecule has 1 unspecified atom stereocenters. The Morgan fingerprint density at radius 2 is 1.93 bits per heavy atom. The molecule has 0 saturated heterocycles. The number of halogens is 1. The van der Waals surface area contributed by atoms with Gasteiger partial charge in [0.25, 0.3) is 0 Å². The molecule has 30 heavy (non-hydrogen) atoms. The summed E-state index contributed by atoms with van der Waals surface area (Å²) in [6, 6.07) is 12.7. The number of nitrogens with two attached hydrogens (primary N) is 2. The first-order chi connectivity index (χ1) is 14.4. The van der Waals surface area contributed by atoms with Crippen LogP contribution in [0.1, 0.15) is 29.9 Å². The van der Waals surface area contributed by atoms with E-state index in [2.05, 4.69) is 27.2 Å². The normalized spacial score (nSPS) is 12.0. The Balaban J connectivity index is 1.84. The van der Waals surface area contributed by atoms with Crippen molar-refractivity contribution >= 4 is 23.5 Å². The van der Waals surface area contributed by atoms with E-state index in [0.29, 0.717) is 17.3 Å². The Hall–Kier alpha value is -3.59. The quantitative estimate of drug-likeness (QED) is 0.522. The molecule has 0 aliphatic rings. The number of hydrogen-bond acceptors (Lipinski definition) is 7. The van der Waals surface area contributed by atoms with Gasteiger partial charge in [0.2, 0.25) is 17.8 Å². The number of primary amides is 1. The number of para-hydroxylation sites is 1. The molecular formula is C21H24FN7O. The topological polar surface area (TPSA) is 123 Å². The van der Waals surface area contributed by atoms with Crippen molar-refractivity contribution in [3.8, 4) is 0 Å². The Bertz CT molecular complexity index is 1040. The molecule has 1 aromatic heterocycles. The number of carbonyl (C=O) groups excluding carboxylic acids is 1. The number of rotatable bonds is 8. The van der Waals surface area contributed by atoms with E-state index < -0.39 is 17.8 Å². The average molecular weight is 409 g/mol. The zero-order valence-electron chi connectivity index (χ0n) is 16.8. The third-order valence-corrected chi connectivity index (χ3v) is 4.61. The molecule has 0 radical (unpaired) electrons. The summed E-state index contributed by atoms with van der Waals surface area (Å²) in [5.74, 6) is -0.360. The Labute approximate surface area is 174 Å². The van der Waals surface area contributed by atoms with Crippen molar-refractivity contribution in [1.29, 1.82) is 0 Å². The second kappa shape index (κ2) is 9.27. The summed E-state index contributed by atoms with van der Waals surface area (Å²) < 4.78 is 13.6. The summed E-state index contributed by atoms with van der Waals surface area (Å²) in [6.07, 6.45) is 0.841. The smallest absolute Gasteiger partial charge is 0.239 e. The predicted octanol–water partition coefficient (Wildman–Crippen LogP) is 2.56. The number of nitrogens with zero attached hydrogens (tertiary/aromatic N) is 4. The molecule has 2 aromatic carbocycles. The number of benzene rings is 2. The summed E-state index contributed by atoms with van der Waals surface area (Å²) >= 11 is 0. The molecule has 1 atom stereocenters. The van der Waals surface area contributed by atoms with Crippen molar-refractivity contribution in [2.24, 2.45) is 5.73 Å². The SMILES string of the molecule is CCc1ccccc1Nc1nc(N)nc(CN(C)C(C(N)=O)c2cccc(F)c2)n1. The fourth-order valence-electron chi connectivity index (χ4n) is 3.26. The van der Waals surface area contributed by atoms with Crippen LogP contribution in [-0.2, 0) is 17.8 Å². The van der Waals surface area contributed by atoms with Crippen LogP contribution in [0.4, 0.5) is 22.0 Å². The van der Waals surface area contributed by atoms with Crippen LogP contribution in [0.5, 0.6) is 0 Å². The Morgan fingerprint density at radius 1 is 1.17 bits per heavy atom. The molecule has 5 N–H and O–H groups in total. The van der Waals surface area contributed by atoms with E-state index in [0.717, 1.165) is 17.7 Å². The molecule has 1 heterocycles. The monoisotopic (exact) mass is 409 g/mol. The van der Waals surface area contributed by atoms with Gasteiger partial charge in [-0.1, -0.05) is 37.3 Å². The summed E-state index contributed by atoms with van der Waals surface area (Å²) in [4.78, 5) is 26.4. The van der Waals surface area contributed by atoms with Gasteiger partial charge in [-0.15, -0.1) is 0 Å². The first-order valence-electron chi connectivity index (χ1n) is 9.47. The number of nitrogens with one attached hydrogen (secondary N) is 1. The second-order valence-corrected chi connectivity index (χ2v) is 6.84. The number of carbonyl (C=O) groups is 1. The molecule has 3 rings (SSSR count). The molecule has 8 nitrogen and oxygen atoms in total. The van der Waals surface area contributed by atoms with Gasteiger partial charge in [0.15, 0.2) is 0 Å². The van der Waals surface area contributed by atoms with E-state index in [1.54, 1.807) is 18.0 Å². The third-order valence-electron chi connectivity index (χ3n) is 4.61. The van der Waals surface area contributed by atoms with E-state index in [4.69, 9.17) is 11.5 Å². The molecule has 0 fully saturated rings. The van der Waals surface area contributed by atoms with Crippen LogP contribution in [0.25, 0.3) is 0 Å². The van der Waals surface area contributed by atoms with E-state index in [1.807, 2.05) is 24.3 Å². The van der Waals surface area contributed by atoms with Gasteiger partial charge in [-0.05, 0) is 42.8 Å². The van der Waals surface area contributed by atoms with E-state index in [-0.39, 0.29) is 12.5 Å². The lowest BCUT2D eigenvalue weighted by atomic mass is 10.0. The van der Waals surface area contributed by atoms with Crippen LogP contribution in [0, 0.1) is 5.82 Å². The number of anilines is 3. The molecule has 0 bridgehead atoms. The molecule has 0 spiro atoms. The van der Waals surface area contributed by atoms with Crippen molar-refractivity contribution in [3.63, 3.8) is 0 Å². The maximum atomic E-state index is 13.6. The maximum Gasteiger partial charge on any atom is 0.239 e. The maximum absolute atomic E-state index is 13.6. The van der Waals surface area contributed by atoms with Crippen LogP contribution < -0.4 is 16.8 Å². The highest BCUT2D eigenvalue weighted by Gasteiger charge is 2.24. The Morgan fingerprint density at radius 3 is 2.63 bits per heavy atom. The molecule has 1 amide bonds. The zero-order valence-corrected chi connectivity index (χ0v) is 16.8. The standard InChI is InChI=1S/C21H24FN7O/c1-3-13-7-4-5-10-16(13)25-21-27-17(26-20(24)28-21)12-29(2)18(19(23)30)14-8-6-9-15(22)11-14/h4-11,18H,3,12H2,1-2H3,(H2,23,30)(H3,24,25,26,27,28). The van der Waals surface area contributed by atoms with Gasteiger partial charge in [-0.25, -0.2) is 4.39 Å². The summed E-state index contributed by atoms with van der Waals surface area (Å²) in [7, 11) is 1.68. The highest BCUT2D eigenvalue weighted by atomic mass is 19.1. The van der Waals surface area contributed by atoms with Crippen LogP contribution >= 0.6 is 0 Å². The van der Waals surface area contributed by atoms with Gasteiger partial charge < -0.3 is 16.8 Å². The first-order valence-corrected chi connectivity index (χ1v) is 9.47. The van der Waals surface area contributed by atoms with Gasteiger partial charge in [0.1, 0.15) is 17.7 Å². The fourth-order valence-corrected chi connectivity index (χ4v) is 3.26. The second-order valence-electron chi connectivity index (χ2n) is 6.84. The number of aromatic nitrogens is 3. The summed E-state index contributed by atoms with van der Waals surface area (Å²) in [5.41, 5.74) is 13.9. The van der Waals surface area contributed by atoms with Crippen molar-refractivity contribution < 1.29 is 9.18 Å². The number of aryl methyl sites for hydroxylation is 1. The lowest BCUT2D eigenvalue weighted by Gasteiger charge is -2.25. The van der Waals surface area contributed by atoms with E-state index in [1.165, 1.54) is 18.2 Å². The largest absolute Gasteiger partial charge is 0.368 e. The molecular weight excluding hydrogens is 385 g/mol. The van der Waals surface area contributed by atoms with Gasteiger partial charge in [-0.2, -0.15) is 15.0 Å². The van der Waals surface area contributed by atoms with Crippen molar-refractivity contribution in [1.82, 2.24) is 19.9 Å². The van der Waals surface area contributed by atoms with Crippen molar-refractivity contribution in [2.75, 3.05) is 18.1 Å². The fraction of sp³-hybridized carbons (Fsp3) is 0.238. The molecule has 0 aliphatic carbocycles. The molecule has 0 aliphatic heterocycles. The first kappa shape index (κ1) is 21.1. The lowest BCUT2D eigenvalue weighted by molar-refractivity contribution is -0.123. The predicted molar refractivity (Wildman–Crippen MR) is 113 cm³/mol. The van der Waals surface area contributed by atoms with E-state index >= 15 is 0 Å². The van der Waals surface area contributed by atoms with Gasteiger partial charge in [0.05, 0.1) is 6.54 Å². The minimum Gasteiger partial charge on any atom is -0.368 e. The van der Waals surface area contributed by atoms with Crippen LogP contribution in [0.3, 0.4) is 0 Å². The summed E-state index contributed by atoms with van der Waals surface area (Å²) in [5, 5.41) is 3.17.